The third-order valence-electron chi connectivity index (χ3n) is 6.21. The van der Waals surface area contributed by atoms with Crippen LogP contribution in [0.3, 0.4) is 0 Å². The van der Waals surface area contributed by atoms with Gasteiger partial charge in [-0.05, 0) is 60.1 Å². The molecule has 0 aromatic heterocycles. The lowest BCUT2D eigenvalue weighted by Gasteiger charge is -2.43. The predicted octanol–water partition coefficient (Wildman–Crippen LogP) is 6.29. The Morgan fingerprint density at radius 2 is 1.73 bits per heavy atom. The molecular weight excluding hydrogens is 368 g/mol. The van der Waals surface area contributed by atoms with E-state index in [2.05, 4.69) is 81.2 Å². The van der Waals surface area contributed by atoms with Crippen molar-refractivity contribution in [3.05, 3.63) is 101 Å². The molecule has 2 aliphatic rings. The number of carboxylic acid groups (broad SMARTS) is 1. The molecule has 0 heterocycles. The summed E-state index contributed by atoms with van der Waals surface area (Å²) in [5, 5.41) is 9.03. The van der Waals surface area contributed by atoms with Gasteiger partial charge in [-0.3, -0.25) is 0 Å². The zero-order chi connectivity index (χ0) is 21.3. The Morgan fingerprint density at radius 3 is 2.40 bits per heavy atom. The van der Waals surface area contributed by atoms with Gasteiger partial charge in [0.1, 0.15) is 0 Å². The van der Waals surface area contributed by atoms with Gasteiger partial charge in [-0.15, -0.1) is 0 Å². The van der Waals surface area contributed by atoms with Crippen molar-refractivity contribution in [1.29, 1.82) is 0 Å². The molecule has 0 radical (unpaired) electrons. The molecule has 4 rings (SSSR count). The van der Waals surface area contributed by atoms with Crippen molar-refractivity contribution < 1.29 is 9.90 Å². The molecule has 150 valence electrons. The number of carbonyl (C=O) groups is 1. The van der Waals surface area contributed by atoms with Crippen LogP contribution in [0.2, 0.25) is 0 Å². The van der Waals surface area contributed by atoms with E-state index in [4.69, 9.17) is 5.11 Å². The smallest absolute Gasteiger partial charge is 0.335 e. The van der Waals surface area contributed by atoms with Crippen LogP contribution in [0.1, 0.15) is 47.3 Å². The minimum Gasteiger partial charge on any atom is -0.478 e. The average molecular weight is 395 g/mol. The lowest BCUT2D eigenvalue weighted by Crippen LogP contribution is -2.33. The second kappa shape index (κ2) is 7.84. The van der Waals surface area contributed by atoms with Crippen LogP contribution in [0, 0.1) is 36.0 Å². The molecule has 0 saturated carbocycles. The summed E-state index contributed by atoms with van der Waals surface area (Å²) in [6, 6.07) is 15.5. The van der Waals surface area contributed by atoms with Gasteiger partial charge in [0.2, 0.25) is 0 Å². The van der Waals surface area contributed by atoms with Gasteiger partial charge in [-0.25, -0.2) is 4.79 Å². The van der Waals surface area contributed by atoms with Crippen LogP contribution in [0.4, 0.5) is 0 Å². The molecule has 0 aliphatic heterocycles. The number of benzene rings is 2. The van der Waals surface area contributed by atoms with Gasteiger partial charge in [0.25, 0.3) is 0 Å². The number of aryl methyl sites for hydroxylation is 1. The van der Waals surface area contributed by atoms with E-state index < -0.39 is 5.97 Å². The summed E-state index contributed by atoms with van der Waals surface area (Å²) in [4.78, 5) is 11.0. The Labute approximate surface area is 178 Å². The van der Waals surface area contributed by atoms with Crippen LogP contribution in [0.15, 0.2) is 78.4 Å². The second-order valence-electron chi connectivity index (χ2n) is 8.88. The highest BCUT2D eigenvalue weighted by Gasteiger charge is 2.39. The Bertz CT molecular complexity index is 1110. The van der Waals surface area contributed by atoms with E-state index in [9.17, 15) is 4.79 Å². The molecule has 0 spiro atoms. The van der Waals surface area contributed by atoms with Crippen molar-refractivity contribution in [1.82, 2.24) is 0 Å². The van der Waals surface area contributed by atoms with E-state index in [1.165, 1.54) is 16.7 Å². The van der Waals surface area contributed by atoms with Gasteiger partial charge in [0, 0.05) is 17.1 Å². The van der Waals surface area contributed by atoms with E-state index in [0.29, 0.717) is 11.8 Å². The summed E-state index contributed by atoms with van der Waals surface area (Å²) in [5.74, 6) is 6.28. The monoisotopic (exact) mass is 394 g/mol. The molecule has 2 nitrogen and oxygen atoms in total. The van der Waals surface area contributed by atoms with Crippen LogP contribution in [0.5, 0.6) is 0 Å². The lowest BCUT2D eigenvalue weighted by molar-refractivity contribution is 0.0697. The maximum atomic E-state index is 11.0. The number of allylic oxidation sites excluding steroid dienone is 6. The first-order valence-electron chi connectivity index (χ1n) is 10.4. The molecule has 0 bridgehead atoms. The largest absolute Gasteiger partial charge is 0.478 e. The SMILES string of the molecule is Cc1ccc(C2=CCC(C)(C)C3C=C(C#Cc4ccc(C(=O)O)cc4)C=CC23)cc1. The average Bonchev–Trinajstić information content (AvgIpc) is 2.74. The van der Waals surface area contributed by atoms with Gasteiger partial charge >= 0.3 is 5.97 Å². The van der Waals surface area contributed by atoms with Gasteiger partial charge < -0.3 is 5.11 Å². The first kappa shape index (κ1) is 20.0. The fourth-order valence-electron chi connectivity index (χ4n) is 4.31. The summed E-state index contributed by atoms with van der Waals surface area (Å²) >= 11 is 0. The molecule has 2 aromatic rings. The first-order valence-corrected chi connectivity index (χ1v) is 10.4. The molecule has 2 heteroatoms. The molecular formula is C28H26O2. The highest BCUT2D eigenvalue weighted by atomic mass is 16.4. The first-order chi connectivity index (χ1) is 14.3. The molecule has 2 atom stereocenters. The summed E-state index contributed by atoms with van der Waals surface area (Å²) in [6.45, 7) is 6.78. The van der Waals surface area contributed by atoms with E-state index in [1.54, 1.807) is 24.3 Å². The van der Waals surface area contributed by atoms with Gasteiger partial charge in [-0.2, -0.15) is 0 Å². The summed E-state index contributed by atoms with van der Waals surface area (Å²) in [6.07, 6.45) is 10.2. The number of hydrogen-bond donors (Lipinski definition) is 1. The number of aromatic carboxylic acids is 1. The van der Waals surface area contributed by atoms with Crippen molar-refractivity contribution >= 4 is 11.5 Å². The minimum absolute atomic E-state index is 0.166. The van der Waals surface area contributed by atoms with E-state index in [1.807, 2.05) is 0 Å². The molecule has 0 saturated heterocycles. The summed E-state index contributed by atoms with van der Waals surface area (Å²) in [5.41, 5.74) is 6.27. The van der Waals surface area contributed by atoms with Gasteiger partial charge in [-0.1, -0.05) is 79.8 Å². The number of rotatable bonds is 2. The molecule has 0 fully saturated rings. The van der Waals surface area contributed by atoms with Crippen molar-refractivity contribution in [3.63, 3.8) is 0 Å². The highest BCUT2D eigenvalue weighted by molar-refractivity contribution is 5.87. The van der Waals surface area contributed by atoms with E-state index in [-0.39, 0.29) is 11.0 Å². The van der Waals surface area contributed by atoms with Crippen molar-refractivity contribution in [2.75, 3.05) is 0 Å². The molecule has 30 heavy (non-hydrogen) atoms. The van der Waals surface area contributed by atoms with Crippen molar-refractivity contribution in [2.45, 2.75) is 27.2 Å². The third kappa shape index (κ3) is 4.02. The molecule has 2 unspecified atom stereocenters. The molecule has 0 amide bonds. The van der Waals surface area contributed by atoms with Crippen LogP contribution in [-0.4, -0.2) is 11.1 Å². The zero-order valence-electron chi connectivity index (χ0n) is 17.6. The molecule has 2 aliphatic carbocycles. The summed E-state index contributed by atoms with van der Waals surface area (Å²) in [7, 11) is 0. The van der Waals surface area contributed by atoms with E-state index in [0.717, 1.165) is 17.6 Å². The predicted molar refractivity (Wildman–Crippen MR) is 122 cm³/mol. The minimum atomic E-state index is -0.921. The Balaban J connectivity index is 1.61. The zero-order valence-corrected chi connectivity index (χ0v) is 17.6. The highest BCUT2D eigenvalue weighted by Crippen LogP contribution is 2.49. The standard InChI is InChI=1S/C28H26O2/c1-19-4-11-22(12-5-19)24-16-17-28(2,3)26-18-21(10-15-25(24)26)7-6-20-8-13-23(14-9-20)27(29)30/h4-5,8-16,18,25-26H,17H2,1-3H3,(H,29,30). The Hall–Kier alpha value is -3.31. The number of hydrogen-bond acceptors (Lipinski definition) is 1. The lowest BCUT2D eigenvalue weighted by atomic mass is 9.61. The third-order valence-corrected chi connectivity index (χ3v) is 6.21. The summed E-state index contributed by atoms with van der Waals surface area (Å²) < 4.78 is 0. The van der Waals surface area contributed by atoms with Crippen LogP contribution >= 0.6 is 0 Å². The van der Waals surface area contributed by atoms with Crippen molar-refractivity contribution in [3.8, 4) is 11.8 Å². The number of carboxylic acids is 1. The Kier molecular flexibility index (Phi) is 5.22. The number of fused-ring (bicyclic) bond motifs is 1. The van der Waals surface area contributed by atoms with Gasteiger partial charge in [0.15, 0.2) is 0 Å². The quantitative estimate of drug-likeness (QED) is 0.608. The maximum Gasteiger partial charge on any atom is 0.335 e. The van der Waals surface area contributed by atoms with Gasteiger partial charge in [0.05, 0.1) is 5.56 Å². The molecule has 1 N–H and O–H groups in total. The topological polar surface area (TPSA) is 37.3 Å². The van der Waals surface area contributed by atoms with Crippen LogP contribution < -0.4 is 0 Å². The second-order valence-corrected chi connectivity index (χ2v) is 8.88. The van der Waals surface area contributed by atoms with Crippen LogP contribution in [0.25, 0.3) is 5.57 Å². The van der Waals surface area contributed by atoms with E-state index >= 15 is 0 Å². The Morgan fingerprint density at radius 1 is 1.03 bits per heavy atom. The fourth-order valence-corrected chi connectivity index (χ4v) is 4.31. The van der Waals surface area contributed by atoms with Crippen molar-refractivity contribution in [2.24, 2.45) is 17.3 Å². The molecule has 2 aromatic carbocycles. The maximum absolute atomic E-state index is 11.0. The van der Waals surface area contributed by atoms with Crippen LogP contribution in [-0.2, 0) is 0 Å². The normalized spacial score (nSPS) is 21.6. The fraction of sp³-hybridized carbons (Fsp3) is 0.250.